The third-order valence-corrected chi connectivity index (χ3v) is 4.61. The molecule has 1 aromatic heterocycles. The molecule has 0 bridgehead atoms. The van der Waals surface area contributed by atoms with Crippen LogP contribution in [0.4, 0.5) is 18.9 Å². The van der Waals surface area contributed by atoms with Gasteiger partial charge in [0, 0.05) is 24.4 Å². The van der Waals surface area contributed by atoms with Gasteiger partial charge in [-0.05, 0) is 48.4 Å². The van der Waals surface area contributed by atoms with Crippen molar-refractivity contribution < 1.29 is 32.6 Å². The third kappa shape index (κ3) is 6.21. The van der Waals surface area contributed by atoms with E-state index in [-0.39, 0.29) is 23.6 Å². The Kier molecular flexibility index (Phi) is 6.99. The number of aromatic carboxylic acids is 1. The fourth-order valence-electron chi connectivity index (χ4n) is 2.79. The Morgan fingerprint density at radius 1 is 1.06 bits per heavy atom. The van der Waals surface area contributed by atoms with Gasteiger partial charge in [-0.2, -0.15) is 13.2 Å². The molecule has 0 fully saturated rings. The lowest BCUT2D eigenvalue weighted by molar-refractivity contribution is -0.137. The zero-order chi connectivity index (χ0) is 23.3. The van der Waals surface area contributed by atoms with Crippen molar-refractivity contribution >= 4 is 29.2 Å². The summed E-state index contributed by atoms with van der Waals surface area (Å²) in [7, 11) is 0. The van der Waals surface area contributed by atoms with Crippen molar-refractivity contribution in [2.75, 3.05) is 5.32 Å². The Bertz CT molecular complexity index is 1150. The van der Waals surface area contributed by atoms with Gasteiger partial charge in [0.1, 0.15) is 11.5 Å². The summed E-state index contributed by atoms with van der Waals surface area (Å²) in [5, 5.41) is 11.0. The molecule has 3 aromatic rings. The zero-order valence-electron chi connectivity index (χ0n) is 16.3. The molecule has 3 rings (SSSR count). The molecular weight excluding hydrogens is 449 g/mol. The first-order chi connectivity index (χ1) is 15.1. The first-order valence-corrected chi connectivity index (χ1v) is 9.62. The Morgan fingerprint density at radius 3 is 2.53 bits per heavy atom. The molecule has 0 radical (unpaired) electrons. The number of aryl methyl sites for hydroxylation is 1. The largest absolute Gasteiger partial charge is 0.477 e. The number of ether oxygens (including phenoxy) is 1. The van der Waals surface area contributed by atoms with Crippen LogP contribution in [0.5, 0.6) is 11.5 Å². The number of anilines is 1. The molecule has 0 spiro atoms. The molecule has 6 nitrogen and oxygen atoms in total. The van der Waals surface area contributed by atoms with E-state index in [1.54, 1.807) is 24.3 Å². The van der Waals surface area contributed by atoms with E-state index in [1.807, 2.05) is 0 Å². The van der Waals surface area contributed by atoms with Crippen LogP contribution in [0, 0.1) is 0 Å². The first kappa shape index (κ1) is 23.1. The number of rotatable bonds is 7. The molecule has 1 heterocycles. The number of carboxylic acids is 1. The van der Waals surface area contributed by atoms with Crippen LogP contribution in [0.25, 0.3) is 0 Å². The van der Waals surface area contributed by atoms with Crippen LogP contribution in [-0.2, 0) is 17.4 Å². The molecule has 0 unspecified atom stereocenters. The molecule has 0 saturated carbocycles. The lowest BCUT2D eigenvalue weighted by atomic mass is 10.1. The second kappa shape index (κ2) is 9.69. The van der Waals surface area contributed by atoms with Crippen molar-refractivity contribution in [2.24, 2.45) is 0 Å². The lowest BCUT2D eigenvalue weighted by Gasteiger charge is -2.12. The van der Waals surface area contributed by atoms with Crippen LogP contribution in [0.3, 0.4) is 0 Å². The van der Waals surface area contributed by atoms with Crippen molar-refractivity contribution in [3.05, 3.63) is 82.6 Å². The van der Waals surface area contributed by atoms with E-state index in [1.165, 1.54) is 24.4 Å². The van der Waals surface area contributed by atoms with E-state index < -0.39 is 28.6 Å². The standard InChI is InChI=1S/C22H16ClF3N2O4/c23-18-6-5-14(11-17(18)22(24,25)26)28-20(29)7-4-13-2-1-3-15(10-13)32-16-8-9-27-19(12-16)21(30)31/h1-3,5-6,8-12H,4,7H2,(H,28,29)(H,30,31). The van der Waals surface area contributed by atoms with Crippen LogP contribution < -0.4 is 10.1 Å². The molecule has 0 aliphatic rings. The third-order valence-electron chi connectivity index (χ3n) is 4.28. The zero-order valence-corrected chi connectivity index (χ0v) is 17.1. The number of benzene rings is 2. The smallest absolute Gasteiger partial charge is 0.417 e. The highest BCUT2D eigenvalue weighted by Gasteiger charge is 2.33. The van der Waals surface area contributed by atoms with Crippen molar-refractivity contribution in [3.8, 4) is 11.5 Å². The van der Waals surface area contributed by atoms with Crippen LogP contribution in [0.2, 0.25) is 5.02 Å². The number of amides is 1. The topological polar surface area (TPSA) is 88.5 Å². The minimum atomic E-state index is -4.63. The maximum Gasteiger partial charge on any atom is 0.417 e. The summed E-state index contributed by atoms with van der Waals surface area (Å²) in [5.41, 5.74) is -0.442. The maximum absolute atomic E-state index is 12.9. The number of carbonyl (C=O) groups excluding carboxylic acids is 1. The highest BCUT2D eigenvalue weighted by Crippen LogP contribution is 2.36. The summed E-state index contributed by atoms with van der Waals surface area (Å²) >= 11 is 5.58. The van der Waals surface area contributed by atoms with Gasteiger partial charge in [-0.15, -0.1) is 0 Å². The molecule has 10 heteroatoms. The van der Waals surface area contributed by atoms with E-state index in [0.717, 1.165) is 17.7 Å². The summed E-state index contributed by atoms with van der Waals surface area (Å²) in [6.45, 7) is 0. The number of carbonyl (C=O) groups is 2. The molecule has 0 saturated heterocycles. The van der Waals surface area contributed by atoms with Crippen LogP contribution in [0.1, 0.15) is 28.0 Å². The second-order valence-electron chi connectivity index (χ2n) is 6.67. The molecule has 0 aliphatic heterocycles. The highest BCUT2D eigenvalue weighted by molar-refractivity contribution is 6.31. The Hall–Kier alpha value is -3.59. The Balaban J connectivity index is 1.61. The van der Waals surface area contributed by atoms with E-state index in [4.69, 9.17) is 21.4 Å². The predicted molar refractivity (Wildman–Crippen MR) is 111 cm³/mol. The average Bonchev–Trinajstić information content (AvgIpc) is 2.73. The van der Waals surface area contributed by atoms with Crippen LogP contribution in [0.15, 0.2) is 60.8 Å². The number of pyridine rings is 1. The van der Waals surface area contributed by atoms with Gasteiger partial charge < -0.3 is 15.2 Å². The van der Waals surface area contributed by atoms with Gasteiger partial charge in [-0.1, -0.05) is 23.7 Å². The molecule has 2 N–H and O–H groups in total. The van der Waals surface area contributed by atoms with E-state index >= 15 is 0 Å². The molecular formula is C22H16ClF3N2O4. The van der Waals surface area contributed by atoms with Crippen LogP contribution >= 0.6 is 11.6 Å². The van der Waals surface area contributed by atoms with Gasteiger partial charge in [0.25, 0.3) is 0 Å². The van der Waals surface area contributed by atoms with Crippen molar-refractivity contribution in [1.29, 1.82) is 0 Å². The molecule has 166 valence electrons. The normalized spacial score (nSPS) is 11.1. The van der Waals surface area contributed by atoms with E-state index in [2.05, 4.69) is 10.3 Å². The second-order valence-corrected chi connectivity index (χ2v) is 7.08. The van der Waals surface area contributed by atoms with Gasteiger partial charge in [0.2, 0.25) is 5.91 Å². The molecule has 32 heavy (non-hydrogen) atoms. The lowest BCUT2D eigenvalue weighted by Crippen LogP contribution is -2.14. The number of nitrogens with one attached hydrogen (secondary N) is 1. The number of hydrogen-bond acceptors (Lipinski definition) is 4. The minimum Gasteiger partial charge on any atom is -0.477 e. The van der Waals surface area contributed by atoms with Crippen molar-refractivity contribution in [1.82, 2.24) is 4.98 Å². The number of hydrogen-bond donors (Lipinski definition) is 2. The van der Waals surface area contributed by atoms with Crippen molar-refractivity contribution in [3.63, 3.8) is 0 Å². The molecule has 0 aliphatic carbocycles. The van der Waals surface area contributed by atoms with Crippen LogP contribution in [-0.4, -0.2) is 22.0 Å². The number of carboxylic acid groups (broad SMARTS) is 1. The molecule has 1 amide bonds. The van der Waals surface area contributed by atoms with Gasteiger partial charge in [-0.25, -0.2) is 9.78 Å². The SMILES string of the molecule is O=C(CCc1cccc(Oc2ccnc(C(=O)O)c2)c1)Nc1ccc(Cl)c(C(F)(F)F)c1. The summed E-state index contributed by atoms with van der Waals surface area (Å²) in [4.78, 5) is 26.9. The summed E-state index contributed by atoms with van der Waals surface area (Å²) < 4.78 is 44.5. The Morgan fingerprint density at radius 2 is 1.81 bits per heavy atom. The fraction of sp³-hybridized carbons (Fsp3) is 0.136. The minimum absolute atomic E-state index is 0.00395. The molecule has 2 aromatic carbocycles. The fourth-order valence-corrected chi connectivity index (χ4v) is 3.02. The van der Waals surface area contributed by atoms with Gasteiger partial charge in [0.05, 0.1) is 10.6 Å². The monoisotopic (exact) mass is 464 g/mol. The van der Waals surface area contributed by atoms with Gasteiger partial charge in [-0.3, -0.25) is 4.79 Å². The highest BCUT2D eigenvalue weighted by atomic mass is 35.5. The Labute approximate surface area is 185 Å². The van der Waals surface area contributed by atoms with E-state index in [0.29, 0.717) is 12.2 Å². The number of nitrogens with zero attached hydrogens (tertiary/aromatic N) is 1. The first-order valence-electron chi connectivity index (χ1n) is 9.24. The molecule has 0 atom stereocenters. The van der Waals surface area contributed by atoms with Gasteiger partial charge >= 0.3 is 12.1 Å². The summed E-state index contributed by atoms with van der Waals surface area (Å²) in [6, 6.07) is 12.8. The van der Waals surface area contributed by atoms with Crippen molar-refractivity contribution in [2.45, 2.75) is 19.0 Å². The maximum atomic E-state index is 12.9. The average molecular weight is 465 g/mol. The summed E-state index contributed by atoms with van der Waals surface area (Å²) in [6.07, 6.45) is -2.99. The quantitative estimate of drug-likeness (QED) is 0.460. The number of halogens is 4. The van der Waals surface area contributed by atoms with Gasteiger partial charge in [0.15, 0.2) is 5.69 Å². The van der Waals surface area contributed by atoms with E-state index in [9.17, 15) is 22.8 Å². The number of aromatic nitrogens is 1. The summed E-state index contributed by atoms with van der Waals surface area (Å²) in [5.74, 6) is -0.932. The predicted octanol–water partition coefficient (Wildman–Crippen LogP) is 5.82. The number of alkyl halides is 3.